The fourth-order valence-electron chi connectivity index (χ4n) is 6.58. The summed E-state index contributed by atoms with van der Waals surface area (Å²) < 4.78 is 6.25. The number of rotatable bonds is 9. The van der Waals surface area contributed by atoms with Gasteiger partial charge in [0.15, 0.2) is 0 Å². The van der Waals surface area contributed by atoms with E-state index in [1.54, 1.807) is 6.07 Å². The first-order valence-corrected chi connectivity index (χ1v) is 15.7. The van der Waals surface area contributed by atoms with Gasteiger partial charge in [0.25, 0.3) is 5.91 Å². The summed E-state index contributed by atoms with van der Waals surface area (Å²) in [6, 6.07) is 22.7. The second-order valence-corrected chi connectivity index (χ2v) is 13.3. The molecule has 0 radical (unpaired) electrons. The molecule has 6 rings (SSSR count). The van der Waals surface area contributed by atoms with Gasteiger partial charge in [-0.05, 0) is 77.1 Å². The van der Waals surface area contributed by atoms with Gasteiger partial charge >= 0.3 is 5.97 Å². The molecule has 7 nitrogen and oxygen atoms in total. The Morgan fingerprint density at radius 2 is 1.73 bits per heavy atom. The van der Waals surface area contributed by atoms with Gasteiger partial charge in [-0.15, -0.1) is 0 Å². The number of amides is 1. The molecule has 1 aliphatic carbocycles. The highest BCUT2D eigenvalue weighted by atomic mass is 16.5. The third-order valence-electron chi connectivity index (χ3n) is 9.09. The van der Waals surface area contributed by atoms with Crippen LogP contribution in [0.5, 0.6) is 11.5 Å². The Morgan fingerprint density at radius 3 is 2.45 bits per heavy atom. The summed E-state index contributed by atoms with van der Waals surface area (Å²) in [5, 5.41) is 18.0. The Labute approximate surface area is 259 Å². The fraction of sp³-hybridized carbons (Fsp3) is 0.378. The van der Waals surface area contributed by atoms with Gasteiger partial charge in [0, 0.05) is 29.2 Å². The molecule has 2 aliphatic rings. The van der Waals surface area contributed by atoms with E-state index in [9.17, 15) is 14.7 Å². The maximum atomic E-state index is 13.5. The number of pyridine rings is 1. The molecule has 1 amide bonds. The van der Waals surface area contributed by atoms with E-state index in [1.807, 2.05) is 54.6 Å². The number of anilines is 1. The summed E-state index contributed by atoms with van der Waals surface area (Å²) in [4.78, 5) is 30.7. The molecule has 44 heavy (non-hydrogen) atoms. The van der Waals surface area contributed by atoms with Gasteiger partial charge in [-0.25, -0.2) is 9.78 Å². The van der Waals surface area contributed by atoms with Crippen molar-refractivity contribution in [3.05, 3.63) is 95.3 Å². The van der Waals surface area contributed by atoms with Crippen LogP contribution >= 0.6 is 0 Å². The molecule has 4 aromatic rings. The molecule has 0 saturated heterocycles. The Balaban J connectivity index is 1.25. The lowest BCUT2D eigenvalue weighted by atomic mass is 9.87. The minimum atomic E-state index is -1.05. The molecule has 0 bridgehead atoms. The maximum absolute atomic E-state index is 13.5. The Bertz CT molecular complexity index is 1670. The normalized spacial score (nSPS) is 17.2. The number of carboxylic acids is 1. The number of carbonyl (C=O) groups is 2. The van der Waals surface area contributed by atoms with E-state index in [1.165, 1.54) is 18.4 Å². The van der Waals surface area contributed by atoms with Crippen LogP contribution in [0.15, 0.2) is 72.8 Å². The number of benzene rings is 3. The zero-order chi connectivity index (χ0) is 30.8. The van der Waals surface area contributed by atoms with Gasteiger partial charge in [0.1, 0.15) is 23.2 Å². The molecule has 0 spiro atoms. The summed E-state index contributed by atoms with van der Waals surface area (Å²) in [6.45, 7) is 7.21. The molecule has 1 saturated carbocycles. The summed E-state index contributed by atoms with van der Waals surface area (Å²) in [5.74, 6) is 0.471. The minimum Gasteiger partial charge on any atom is -0.480 e. The molecule has 3 aromatic carbocycles. The van der Waals surface area contributed by atoms with Gasteiger partial charge in [0.05, 0.1) is 0 Å². The number of hydrogen-bond donors (Lipinski definition) is 3. The van der Waals surface area contributed by atoms with Crippen molar-refractivity contribution in [1.29, 1.82) is 0 Å². The molecular formula is C37H41N3O4. The van der Waals surface area contributed by atoms with Crippen LogP contribution in [0.3, 0.4) is 0 Å². The molecule has 7 heteroatoms. The van der Waals surface area contributed by atoms with Crippen molar-refractivity contribution < 1.29 is 19.4 Å². The predicted molar refractivity (Wildman–Crippen MR) is 174 cm³/mol. The Hall–Kier alpha value is -4.39. The number of hydrogen-bond acceptors (Lipinski definition) is 5. The van der Waals surface area contributed by atoms with Crippen molar-refractivity contribution in [2.45, 2.75) is 76.7 Å². The van der Waals surface area contributed by atoms with Crippen LogP contribution in [-0.4, -0.2) is 34.6 Å². The molecule has 3 N–H and O–H groups in total. The highest BCUT2D eigenvalue weighted by Crippen LogP contribution is 2.35. The third-order valence-corrected chi connectivity index (χ3v) is 9.09. The summed E-state index contributed by atoms with van der Waals surface area (Å²) in [7, 11) is 0. The number of nitrogens with zero attached hydrogens (tertiary/aromatic N) is 1. The van der Waals surface area contributed by atoms with Gasteiger partial charge in [0.2, 0.25) is 0 Å². The highest BCUT2D eigenvalue weighted by molar-refractivity contribution is 5.99. The average Bonchev–Trinajstić information content (AvgIpc) is 3.67. The smallest absolute Gasteiger partial charge is 0.326 e. The van der Waals surface area contributed by atoms with Crippen LogP contribution < -0.4 is 15.4 Å². The van der Waals surface area contributed by atoms with Crippen molar-refractivity contribution in [2.24, 2.45) is 5.92 Å². The fourth-order valence-corrected chi connectivity index (χ4v) is 6.58. The number of carbonyl (C=O) groups excluding carboxylic acids is 1. The molecule has 1 aliphatic heterocycles. The van der Waals surface area contributed by atoms with E-state index in [4.69, 9.17) is 9.72 Å². The number of carboxylic acid groups (broad SMARTS) is 1. The van der Waals surface area contributed by atoms with Crippen molar-refractivity contribution in [3.63, 3.8) is 0 Å². The second kappa shape index (κ2) is 12.3. The largest absolute Gasteiger partial charge is 0.480 e. The lowest BCUT2D eigenvalue weighted by Crippen LogP contribution is -2.42. The first-order valence-electron chi connectivity index (χ1n) is 15.7. The number of ether oxygens (including phenoxy) is 1. The summed E-state index contributed by atoms with van der Waals surface area (Å²) in [6.07, 6.45) is 5.78. The molecule has 1 aromatic heterocycles. The quantitative estimate of drug-likeness (QED) is 0.183. The SMILES string of the molecule is CC(C)(C)c1ccc(Oc2ccc3cc(C(=O)N[C@@H](CC4CNc5ccccc54)C(=O)O)nc(CC4CCCC4)c3c2)cc1. The van der Waals surface area contributed by atoms with Crippen LogP contribution in [0.4, 0.5) is 5.69 Å². The van der Waals surface area contributed by atoms with Crippen molar-refractivity contribution in [3.8, 4) is 11.5 Å². The van der Waals surface area contributed by atoms with Gasteiger partial charge < -0.3 is 20.5 Å². The average molecular weight is 592 g/mol. The van der Waals surface area contributed by atoms with Crippen molar-refractivity contribution in [1.82, 2.24) is 10.3 Å². The second-order valence-electron chi connectivity index (χ2n) is 13.3. The van der Waals surface area contributed by atoms with E-state index < -0.39 is 17.9 Å². The number of para-hydroxylation sites is 1. The monoisotopic (exact) mass is 591 g/mol. The van der Waals surface area contributed by atoms with E-state index in [0.717, 1.165) is 52.7 Å². The lowest BCUT2D eigenvalue weighted by molar-refractivity contribution is -0.139. The van der Waals surface area contributed by atoms with E-state index >= 15 is 0 Å². The summed E-state index contributed by atoms with van der Waals surface area (Å²) >= 11 is 0. The molecule has 228 valence electrons. The topological polar surface area (TPSA) is 101 Å². The third kappa shape index (κ3) is 6.57. The van der Waals surface area contributed by atoms with Gasteiger partial charge in [-0.2, -0.15) is 0 Å². The molecule has 2 atom stereocenters. The minimum absolute atomic E-state index is 0.00169. The van der Waals surface area contributed by atoms with E-state index in [2.05, 4.69) is 43.5 Å². The highest BCUT2D eigenvalue weighted by Gasteiger charge is 2.30. The first kappa shape index (κ1) is 29.7. The number of aromatic nitrogens is 1. The predicted octanol–water partition coefficient (Wildman–Crippen LogP) is 7.84. The number of nitrogens with one attached hydrogen (secondary N) is 2. The number of aliphatic carboxylic acids is 1. The Morgan fingerprint density at radius 1 is 1.00 bits per heavy atom. The molecule has 1 fully saturated rings. The molecular weight excluding hydrogens is 550 g/mol. The van der Waals surface area contributed by atoms with E-state index in [0.29, 0.717) is 24.6 Å². The lowest BCUT2D eigenvalue weighted by Gasteiger charge is -2.20. The zero-order valence-corrected chi connectivity index (χ0v) is 25.7. The first-order chi connectivity index (χ1) is 21.1. The van der Waals surface area contributed by atoms with Crippen LogP contribution in [0.25, 0.3) is 10.8 Å². The zero-order valence-electron chi connectivity index (χ0n) is 25.7. The molecule has 2 heterocycles. The van der Waals surface area contributed by atoms with Gasteiger partial charge in [-0.3, -0.25) is 4.79 Å². The van der Waals surface area contributed by atoms with Crippen LogP contribution in [0, 0.1) is 5.92 Å². The van der Waals surface area contributed by atoms with Crippen LogP contribution in [-0.2, 0) is 16.6 Å². The van der Waals surface area contributed by atoms with E-state index in [-0.39, 0.29) is 17.0 Å². The Kier molecular flexibility index (Phi) is 8.30. The molecule has 1 unspecified atom stereocenters. The number of fused-ring (bicyclic) bond motifs is 2. The standard InChI is InChI=1S/C37H41N3O4/c1-37(2,3)26-13-16-27(17-14-26)44-28-15-12-24-19-33(39-32(30(24)21-28)18-23-8-4-5-9-23)35(41)40-34(36(42)43)20-25-22-38-31-11-7-6-10-29(25)31/h6-7,10-17,19,21,23,25,34,38H,4-5,8-9,18,20,22H2,1-3H3,(H,40,41)(H,42,43)/t25?,34-/m0/s1. The van der Waals surface area contributed by atoms with Crippen LogP contribution in [0.2, 0.25) is 0 Å². The van der Waals surface area contributed by atoms with Crippen LogP contribution in [0.1, 0.15) is 86.1 Å². The van der Waals surface area contributed by atoms with Crippen molar-refractivity contribution >= 4 is 28.3 Å². The van der Waals surface area contributed by atoms with Crippen molar-refractivity contribution in [2.75, 3.05) is 11.9 Å². The summed E-state index contributed by atoms with van der Waals surface area (Å²) in [5.41, 5.74) is 4.51. The van der Waals surface area contributed by atoms with Gasteiger partial charge in [-0.1, -0.05) is 82.9 Å². The maximum Gasteiger partial charge on any atom is 0.326 e.